The van der Waals surface area contributed by atoms with Crippen molar-refractivity contribution in [3.05, 3.63) is 94.4 Å². The number of aliphatic hydroxyl groups excluding tert-OH is 1. The maximum Gasteiger partial charge on any atom is 0.296 e. The number of aliphatic hydroxyl groups is 1. The highest BCUT2D eigenvalue weighted by molar-refractivity contribution is 6.46. The summed E-state index contributed by atoms with van der Waals surface area (Å²) < 4.78 is 11.2. The van der Waals surface area contributed by atoms with Gasteiger partial charge in [0.1, 0.15) is 23.3 Å². The molecule has 34 heavy (non-hydrogen) atoms. The molecule has 2 aromatic carbocycles. The molecule has 2 heterocycles. The van der Waals surface area contributed by atoms with Gasteiger partial charge in [0.25, 0.3) is 11.7 Å². The fourth-order valence-corrected chi connectivity index (χ4v) is 4.92. The van der Waals surface area contributed by atoms with Crippen LogP contribution >= 0.6 is 0 Å². The minimum atomic E-state index is -0.818. The molecule has 1 fully saturated rings. The Morgan fingerprint density at radius 2 is 1.88 bits per heavy atom. The first kappa shape index (κ1) is 22.0. The van der Waals surface area contributed by atoms with Crippen LogP contribution in [-0.2, 0) is 29.0 Å². The van der Waals surface area contributed by atoms with Crippen molar-refractivity contribution in [2.24, 2.45) is 0 Å². The summed E-state index contributed by atoms with van der Waals surface area (Å²) in [5, 5.41) is 11.3. The predicted molar refractivity (Wildman–Crippen MR) is 127 cm³/mol. The van der Waals surface area contributed by atoms with Gasteiger partial charge in [0, 0.05) is 12.1 Å². The van der Waals surface area contributed by atoms with Crippen molar-refractivity contribution in [3.63, 3.8) is 0 Å². The monoisotopic (exact) mass is 457 g/mol. The number of ether oxygens (including phenoxy) is 1. The summed E-state index contributed by atoms with van der Waals surface area (Å²) in [5.74, 6) is -0.418. The van der Waals surface area contributed by atoms with E-state index in [2.05, 4.69) is 0 Å². The zero-order chi connectivity index (χ0) is 23.7. The number of Topliss-reactive ketones (excluding diaryl/α,β-unsaturated/α-hetero) is 1. The molecular weight excluding hydrogens is 430 g/mol. The number of amides is 1. The largest absolute Gasteiger partial charge is 0.507 e. The van der Waals surface area contributed by atoms with Crippen molar-refractivity contribution in [2.45, 2.75) is 45.2 Å². The first-order chi connectivity index (χ1) is 16.6. The molecule has 1 unspecified atom stereocenters. The molecule has 0 bridgehead atoms. The second kappa shape index (κ2) is 9.21. The summed E-state index contributed by atoms with van der Waals surface area (Å²) in [6.07, 6.45) is 5.74. The lowest BCUT2D eigenvalue weighted by Crippen LogP contribution is -2.29. The number of furan rings is 1. The molecule has 174 valence electrons. The molecule has 1 saturated heterocycles. The molecule has 1 aliphatic carbocycles. The summed E-state index contributed by atoms with van der Waals surface area (Å²) in [7, 11) is 0. The SMILES string of the molecule is CCOc1cccc(CN2C(=O)C(=O)/C(=C(\O)c3ccc4c(c3)CCCC4)C2c2ccco2)c1. The highest BCUT2D eigenvalue weighted by atomic mass is 16.5. The molecule has 1 amide bonds. The maximum absolute atomic E-state index is 13.2. The van der Waals surface area contributed by atoms with Crippen LogP contribution in [0.3, 0.4) is 0 Å². The normalized spacial score (nSPS) is 19.3. The predicted octanol–water partition coefficient (Wildman–Crippen LogP) is 5.18. The number of hydrogen-bond acceptors (Lipinski definition) is 5. The van der Waals surface area contributed by atoms with Crippen LogP contribution in [0.15, 0.2) is 70.9 Å². The molecule has 1 N–H and O–H groups in total. The lowest BCUT2D eigenvalue weighted by molar-refractivity contribution is -0.140. The first-order valence-corrected chi connectivity index (χ1v) is 11.7. The van der Waals surface area contributed by atoms with Crippen molar-refractivity contribution in [2.75, 3.05) is 6.61 Å². The van der Waals surface area contributed by atoms with Crippen LogP contribution in [0, 0.1) is 0 Å². The average molecular weight is 458 g/mol. The van der Waals surface area contributed by atoms with E-state index in [0.29, 0.717) is 23.7 Å². The van der Waals surface area contributed by atoms with Crippen LogP contribution in [0.5, 0.6) is 5.75 Å². The van der Waals surface area contributed by atoms with Gasteiger partial charge in [-0.1, -0.05) is 24.3 Å². The fraction of sp³-hybridized carbons (Fsp3) is 0.286. The number of benzene rings is 2. The van der Waals surface area contributed by atoms with Crippen molar-refractivity contribution in [1.82, 2.24) is 4.90 Å². The van der Waals surface area contributed by atoms with Gasteiger partial charge in [-0.2, -0.15) is 0 Å². The summed E-state index contributed by atoms with van der Waals surface area (Å²) >= 11 is 0. The van der Waals surface area contributed by atoms with E-state index in [9.17, 15) is 14.7 Å². The van der Waals surface area contributed by atoms with Crippen molar-refractivity contribution in [3.8, 4) is 5.75 Å². The van der Waals surface area contributed by atoms with Gasteiger partial charge in [0.05, 0.1) is 18.4 Å². The average Bonchev–Trinajstić information content (AvgIpc) is 3.47. The summed E-state index contributed by atoms with van der Waals surface area (Å²) in [6, 6.07) is 15.8. The molecule has 6 heteroatoms. The van der Waals surface area contributed by atoms with Gasteiger partial charge in [-0.05, 0) is 79.6 Å². The smallest absolute Gasteiger partial charge is 0.296 e. The van der Waals surface area contributed by atoms with Crippen LogP contribution in [0.4, 0.5) is 0 Å². The summed E-state index contributed by atoms with van der Waals surface area (Å²) in [5.41, 5.74) is 3.88. The van der Waals surface area contributed by atoms with Crippen molar-refractivity contribution < 1.29 is 23.8 Å². The lowest BCUT2D eigenvalue weighted by atomic mass is 9.89. The fourth-order valence-electron chi connectivity index (χ4n) is 4.92. The van der Waals surface area contributed by atoms with Crippen molar-refractivity contribution >= 4 is 17.4 Å². The molecule has 1 aliphatic heterocycles. The highest BCUT2D eigenvalue weighted by Crippen LogP contribution is 2.41. The van der Waals surface area contributed by atoms with Crippen molar-refractivity contribution in [1.29, 1.82) is 0 Å². The number of ketones is 1. The number of nitrogens with zero attached hydrogens (tertiary/aromatic N) is 1. The number of aryl methyl sites for hydroxylation is 2. The van der Waals surface area contributed by atoms with Crippen LogP contribution in [0.2, 0.25) is 0 Å². The quantitative estimate of drug-likeness (QED) is 0.313. The summed E-state index contributed by atoms with van der Waals surface area (Å²) in [4.78, 5) is 27.8. The Labute approximate surface area is 198 Å². The van der Waals surface area contributed by atoms with E-state index in [-0.39, 0.29) is 17.9 Å². The highest BCUT2D eigenvalue weighted by Gasteiger charge is 2.47. The van der Waals surface area contributed by atoms with Gasteiger partial charge in [-0.15, -0.1) is 0 Å². The third kappa shape index (κ3) is 4.00. The Hall–Kier alpha value is -3.80. The molecule has 2 aliphatic rings. The Kier molecular flexibility index (Phi) is 5.97. The van der Waals surface area contributed by atoms with Gasteiger partial charge in [0.2, 0.25) is 0 Å². The Morgan fingerprint density at radius 3 is 2.65 bits per heavy atom. The minimum Gasteiger partial charge on any atom is -0.507 e. The number of rotatable bonds is 6. The molecule has 1 aromatic heterocycles. The molecule has 0 radical (unpaired) electrons. The molecule has 0 spiro atoms. The van der Waals surface area contributed by atoms with Crippen LogP contribution < -0.4 is 4.74 Å². The lowest BCUT2D eigenvalue weighted by Gasteiger charge is -2.24. The van der Waals surface area contributed by atoms with Crippen LogP contribution in [0.1, 0.15) is 53.8 Å². The maximum atomic E-state index is 13.2. The van der Waals surface area contributed by atoms with E-state index in [1.807, 2.05) is 49.4 Å². The second-order valence-corrected chi connectivity index (χ2v) is 8.71. The van der Waals surface area contributed by atoms with Gasteiger partial charge in [-0.3, -0.25) is 9.59 Å². The molecule has 0 saturated carbocycles. The Balaban J connectivity index is 1.56. The third-order valence-corrected chi connectivity index (χ3v) is 6.54. The van der Waals surface area contributed by atoms with Gasteiger partial charge < -0.3 is 19.2 Å². The van der Waals surface area contributed by atoms with Gasteiger partial charge in [-0.25, -0.2) is 0 Å². The molecule has 6 nitrogen and oxygen atoms in total. The zero-order valence-electron chi connectivity index (χ0n) is 19.1. The standard InChI is InChI=1S/C28H27NO5/c1-2-33-22-10-5-7-18(15-22)17-29-25(23-11-6-14-34-23)24(27(31)28(29)32)26(30)21-13-12-19-8-3-4-9-20(19)16-21/h5-7,10-16,25,30H,2-4,8-9,17H2,1H3/b26-24-. The number of fused-ring (bicyclic) bond motifs is 1. The summed E-state index contributed by atoms with van der Waals surface area (Å²) in [6.45, 7) is 2.61. The first-order valence-electron chi connectivity index (χ1n) is 11.7. The van der Waals surface area contributed by atoms with Gasteiger partial charge >= 0.3 is 0 Å². The van der Waals surface area contributed by atoms with E-state index in [4.69, 9.17) is 9.15 Å². The topological polar surface area (TPSA) is 80.0 Å². The minimum absolute atomic E-state index is 0.0525. The number of likely N-dealkylation sites (tertiary alicyclic amines) is 1. The molecular formula is C28H27NO5. The van der Waals surface area contributed by atoms with Crippen LogP contribution in [-0.4, -0.2) is 28.3 Å². The third-order valence-electron chi connectivity index (χ3n) is 6.54. The Morgan fingerprint density at radius 1 is 1.06 bits per heavy atom. The van der Waals surface area contributed by atoms with Gasteiger partial charge in [0.15, 0.2) is 0 Å². The number of hydrogen-bond donors (Lipinski definition) is 1. The second-order valence-electron chi connectivity index (χ2n) is 8.71. The van der Waals surface area contributed by atoms with E-state index in [0.717, 1.165) is 31.2 Å². The van der Waals surface area contributed by atoms with E-state index < -0.39 is 17.7 Å². The van der Waals surface area contributed by atoms with Crippen LogP contribution in [0.25, 0.3) is 5.76 Å². The zero-order valence-corrected chi connectivity index (χ0v) is 19.1. The molecule has 1 atom stereocenters. The molecule has 3 aromatic rings. The van der Waals surface area contributed by atoms with E-state index >= 15 is 0 Å². The molecule has 5 rings (SSSR count). The number of carbonyl (C=O) groups excluding carboxylic acids is 2. The van der Waals surface area contributed by atoms with E-state index in [1.54, 1.807) is 12.1 Å². The van der Waals surface area contributed by atoms with E-state index in [1.165, 1.54) is 22.3 Å². The number of carbonyl (C=O) groups is 2. The Bertz CT molecular complexity index is 1260.